The lowest BCUT2D eigenvalue weighted by Crippen LogP contribution is -2.50. The van der Waals surface area contributed by atoms with Gasteiger partial charge in [-0.2, -0.15) is 0 Å². The maximum absolute atomic E-state index is 13.3. The van der Waals surface area contributed by atoms with E-state index in [2.05, 4.69) is 41.9 Å². The highest BCUT2D eigenvalue weighted by Gasteiger charge is 2.24. The van der Waals surface area contributed by atoms with E-state index in [0.717, 1.165) is 16.1 Å². The van der Waals surface area contributed by atoms with Gasteiger partial charge in [-0.05, 0) is 41.7 Å². The summed E-state index contributed by atoms with van der Waals surface area (Å²) in [5, 5.41) is 19.8. The predicted octanol–water partition coefficient (Wildman–Crippen LogP) is 2.16. The lowest BCUT2D eigenvalue weighted by atomic mass is 10.0. The Morgan fingerprint density at radius 3 is 2.52 bits per heavy atom. The summed E-state index contributed by atoms with van der Waals surface area (Å²) in [6.07, 6.45) is 4.31. The van der Waals surface area contributed by atoms with Crippen molar-refractivity contribution in [3.05, 3.63) is 76.9 Å². The highest BCUT2D eigenvalue weighted by atomic mass is 32.2. The minimum absolute atomic E-state index is 0.0503. The number of hydrogen-bond donors (Lipinski definition) is 4. The zero-order valence-corrected chi connectivity index (χ0v) is 24.3. The van der Waals surface area contributed by atoms with Gasteiger partial charge in [-0.25, -0.2) is 8.42 Å². The first-order chi connectivity index (χ1) is 19.0. The standard InChI is InChI=1S/C29H40N4O6S/c1-20(2)22-10-8-9-21(13-22)17-30-18-27(34)26-19-39-12-7-5-6-11-31-28(35)23-14-24(29(36)32-26)16-25(15-23)33(3)40(4,37)38/h5,7-10,13-16,20,26-27,30,34H,6,11-12,17-19H2,1-4H3,(H,31,35)(H,32,36)/b7-5+/t26-,27+/m0/s1. The van der Waals surface area contributed by atoms with E-state index in [4.69, 9.17) is 4.74 Å². The van der Waals surface area contributed by atoms with Crippen molar-refractivity contribution in [2.24, 2.45) is 0 Å². The van der Waals surface area contributed by atoms with Crippen LogP contribution in [0.5, 0.6) is 0 Å². The molecule has 0 unspecified atom stereocenters. The first kappa shape index (κ1) is 31.3. The molecule has 2 bridgehead atoms. The Morgan fingerprint density at radius 2 is 1.82 bits per heavy atom. The second-order valence-corrected chi connectivity index (χ2v) is 12.2. The molecule has 3 rings (SSSR count). The normalized spacial score (nSPS) is 18.7. The maximum atomic E-state index is 13.3. The van der Waals surface area contributed by atoms with Gasteiger partial charge in [0.1, 0.15) is 0 Å². The van der Waals surface area contributed by atoms with Gasteiger partial charge >= 0.3 is 0 Å². The van der Waals surface area contributed by atoms with Crippen molar-refractivity contribution in [2.75, 3.05) is 43.9 Å². The number of carbonyl (C=O) groups excluding carboxylic acids is 2. The molecule has 0 aromatic heterocycles. The number of nitrogens with zero attached hydrogens (tertiary/aromatic N) is 1. The van der Waals surface area contributed by atoms with E-state index in [9.17, 15) is 23.1 Å². The second-order valence-electron chi connectivity index (χ2n) is 10.2. The zero-order chi connectivity index (χ0) is 29.3. The average molecular weight is 573 g/mol. The molecule has 0 spiro atoms. The van der Waals surface area contributed by atoms with Gasteiger partial charge in [0.05, 0.1) is 37.3 Å². The molecule has 40 heavy (non-hydrogen) atoms. The molecule has 1 heterocycles. The molecule has 10 nitrogen and oxygen atoms in total. The summed E-state index contributed by atoms with van der Waals surface area (Å²) in [5.74, 6) is -0.594. The summed E-state index contributed by atoms with van der Waals surface area (Å²) < 4.78 is 31.1. The van der Waals surface area contributed by atoms with Crippen molar-refractivity contribution in [1.82, 2.24) is 16.0 Å². The Balaban J connectivity index is 1.81. The summed E-state index contributed by atoms with van der Waals surface area (Å²) in [6.45, 7) is 5.69. The summed E-state index contributed by atoms with van der Waals surface area (Å²) in [7, 11) is -2.30. The Morgan fingerprint density at radius 1 is 1.10 bits per heavy atom. The Bertz CT molecular complexity index is 1310. The number of aliphatic hydroxyl groups is 1. The van der Waals surface area contributed by atoms with Crippen LogP contribution in [0, 0.1) is 0 Å². The van der Waals surface area contributed by atoms with Crippen molar-refractivity contribution in [1.29, 1.82) is 0 Å². The van der Waals surface area contributed by atoms with Gasteiger partial charge in [-0.3, -0.25) is 13.9 Å². The summed E-state index contributed by atoms with van der Waals surface area (Å²) in [5.41, 5.74) is 2.72. The van der Waals surface area contributed by atoms with E-state index < -0.39 is 34.0 Å². The van der Waals surface area contributed by atoms with Crippen molar-refractivity contribution < 1.29 is 27.9 Å². The van der Waals surface area contributed by atoms with Crippen LogP contribution in [0.1, 0.15) is 58.0 Å². The minimum Gasteiger partial charge on any atom is -0.390 e. The van der Waals surface area contributed by atoms with Crippen LogP contribution in [0.25, 0.3) is 0 Å². The second kappa shape index (κ2) is 14.4. The van der Waals surface area contributed by atoms with Gasteiger partial charge < -0.3 is 25.8 Å². The molecule has 218 valence electrons. The van der Waals surface area contributed by atoms with Crippen molar-refractivity contribution in [3.8, 4) is 0 Å². The first-order valence-corrected chi connectivity index (χ1v) is 15.2. The smallest absolute Gasteiger partial charge is 0.251 e. The van der Waals surface area contributed by atoms with E-state index in [-0.39, 0.29) is 36.6 Å². The summed E-state index contributed by atoms with van der Waals surface area (Å²) in [4.78, 5) is 26.2. The number of ether oxygens (including phenoxy) is 1. The lowest BCUT2D eigenvalue weighted by Gasteiger charge is -2.25. The minimum atomic E-state index is -3.65. The van der Waals surface area contributed by atoms with Gasteiger partial charge in [0.25, 0.3) is 11.8 Å². The monoisotopic (exact) mass is 572 g/mol. The molecule has 0 aliphatic carbocycles. The quantitative estimate of drug-likeness (QED) is 0.356. The molecule has 0 fully saturated rings. The summed E-state index contributed by atoms with van der Waals surface area (Å²) in [6, 6.07) is 11.7. The molecule has 2 aromatic carbocycles. The zero-order valence-electron chi connectivity index (χ0n) is 23.5. The molecule has 4 N–H and O–H groups in total. The molecule has 0 radical (unpaired) electrons. The largest absolute Gasteiger partial charge is 0.390 e. The summed E-state index contributed by atoms with van der Waals surface area (Å²) >= 11 is 0. The van der Waals surface area contributed by atoms with E-state index in [1.165, 1.54) is 30.8 Å². The van der Waals surface area contributed by atoms with Crippen LogP contribution in [-0.2, 0) is 21.3 Å². The average Bonchev–Trinajstić information content (AvgIpc) is 2.92. The number of anilines is 1. The molecule has 1 aliphatic rings. The number of rotatable bonds is 8. The van der Waals surface area contributed by atoms with Crippen LogP contribution in [0.15, 0.2) is 54.6 Å². The predicted molar refractivity (Wildman–Crippen MR) is 156 cm³/mol. The molecule has 1 aliphatic heterocycles. The lowest BCUT2D eigenvalue weighted by molar-refractivity contribution is 0.0516. The number of nitrogens with one attached hydrogen (secondary N) is 3. The molecule has 2 aromatic rings. The molecular formula is C29H40N4O6S. The van der Waals surface area contributed by atoms with Crippen LogP contribution in [0.3, 0.4) is 0 Å². The van der Waals surface area contributed by atoms with E-state index >= 15 is 0 Å². The number of sulfonamides is 1. The molecule has 0 saturated heterocycles. The number of fused-ring (bicyclic) bond motifs is 2. The van der Waals surface area contributed by atoms with Crippen molar-refractivity contribution in [3.63, 3.8) is 0 Å². The topological polar surface area (TPSA) is 137 Å². The van der Waals surface area contributed by atoms with E-state index in [0.29, 0.717) is 25.4 Å². The molecule has 11 heteroatoms. The highest BCUT2D eigenvalue weighted by Crippen LogP contribution is 2.21. The van der Waals surface area contributed by atoms with Gasteiger partial charge in [0, 0.05) is 37.8 Å². The van der Waals surface area contributed by atoms with Crippen molar-refractivity contribution in [2.45, 2.75) is 44.9 Å². The van der Waals surface area contributed by atoms with Gasteiger partial charge in [-0.15, -0.1) is 0 Å². The Hall–Kier alpha value is -3.25. The fourth-order valence-electron chi connectivity index (χ4n) is 4.14. The Kier molecular flexibility index (Phi) is 11.3. The third-order valence-electron chi connectivity index (χ3n) is 6.66. The number of benzene rings is 2. The fraction of sp³-hybridized carbons (Fsp3) is 0.448. The van der Waals surface area contributed by atoms with Gasteiger partial charge in [-0.1, -0.05) is 50.3 Å². The highest BCUT2D eigenvalue weighted by molar-refractivity contribution is 7.92. The van der Waals surface area contributed by atoms with Crippen molar-refractivity contribution >= 4 is 27.5 Å². The van der Waals surface area contributed by atoms with E-state index in [1.54, 1.807) is 0 Å². The third-order valence-corrected chi connectivity index (χ3v) is 7.86. The van der Waals surface area contributed by atoms with Gasteiger partial charge in [0.15, 0.2) is 0 Å². The van der Waals surface area contributed by atoms with Crippen LogP contribution in [0.4, 0.5) is 5.69 Å². The number of amides is 2. The van der Waals surface area contributed by atoms with E-state index in [1.807, 2.05) is 24.3 Å². The van der Waals surface area contributed by atoms with Gasteiger partial charge in [0.2, 0.25) is 10.0 Å². The van der Waals surface area contributed by atoms with Crippen LogP contribution in [0.2, 0.25) is 0 Å². The van der Waals surface area contributed by atoms with Crippen LogP contribution >= 0.6 is 0 Å². The number of carbonyl (C=O) groups is 2. The number of hydrogen-bond acceptors (Lipinski definition) is 7. The molecule has 2 amide bonds. The van der Waals surface area contributed by atoms with Crippen LogP contribution < -0.4 is 20.3 Å². The molecule has 0 saturated carbocycles. The molecule has 2 atom stereocenters. The molecular weight excluding hydrogens is 532 g/mol. The van der Waals surface area contributed by atoms with Crippen LogP contribution in [-0.4, -0.2) is 77.1 Å². The number of aliphatic hydroxyl groups excluding tert-OH is 1. The first-order valence-electron chi connectivity index (χ1n) is 13.3. The third kappa shape index (κ3) is 9.16. The fourth-order valence-corrected chi connectivity index (χ4v) is 4.62. The Labute approximate surface area is 236 Å². The maximum Gasteiger partial charge on any atom is 0.251 e. The SMILES string of the molecule is CC(C)c1cccc(CNC[C@@H](O)[C@@H]2COC/C=C/CCNC(=O)c3cc(cc(N(C)S(C)(=O)=O)c3)C(=O)N2)c1.